The minimum absolute atomic E-state index is 0.222. The Morgan fingerprint density at radius 3 is 2.33 bits per heavy atom. The van der Waals surface area contributed by atoms with Crippen LogP contribution in [0.25, 0.3) is 0 Å². The van der Waals surface area contributed by atoms with Gasteiger partial charge in [-0.15, -0.1) is 11.6 Å². The van der Waals surface area contributed by atoms with Gasteiger partial charge in [0.1, 0.15) is 6.10 Å². The van der Waals surface area contributed by atoms with Gasteiger partial charge in [0.25, 0.3) is 0 Å². The maximum atomic E-state index is 13.5. The number of benzene rings is 2. The molecule has 0 aliphatic carbocycles. The summed E-state index contributed by atoms with van der Waals surface area (Å²) in [6.45, 7) is 0. The molecule has 94 valence electrons. The van der Waals surface area contributed by atoms with Gasteiger partial charge in [0.15, 0.2) is 11.6 Å². The molecule has 2 rings (SSSR count). The van der Waals surface area contributed by atoms with Gasteiger partial charge in [0.2, 0.25) is 0 Å². The lowest BCUT2D eigenvalue weighted by Crippen LogP contribution is -2.09. The number of hydrogen-bond acceptors (Lipinski definition) is 1. The van der Waals surface area contributed by atoms with E-state index in [1.54, 1.807) is 18.2 Å². The van der Waals surface area contributed by atoms with Crippen molar-refractivity contribution >= 4 is 11.6 Å². The number of para-hydroxylation sites is 1. The molecule has 1 nitrogen and oxygen atoms in total. The molecule has 0 saturated heterocycles. The molecule has 0 aliphatic heterocycles. The largest absolute Gasteiger partial charge is 0.483 e. The van der Waals surface area contributed by atoms with Gasteiger partial charge >= 0.3 is 0 Å². The van der Waals surface area contributed by atoms with Crippen molar-refractivity contribution in [3.8, 4) is 5.75 Å². The first-order chi connectivity index (χ1) is 8.81. The van der Waals surface area contributed by atoms with E-state index < -0.39 is 0 Å². The summed E-state index contributed by atoms with van der Waals surface area (Å²) in [5.74, 6) is 0.373. The normalized spacial score (nSPS) is 12.1. The molecular weight excluding hydrogens is 251 g/mol. The molecule has 0 aromatic heterocycles. The lowest BCUT2D eigenvalue weighted by molar-refractivity contribution is 0.193. The first kappa shape index (κ1) is 12.9. The Balaban J connectivity index is 2.19. The highest BCUT2D eigenvalue weighted by Gasteiger charge is 2.14. The second kappa shape index (κ2) is 6.41. The molecule has 1 atom stereocenters. The number of ether oxygens (including phenoxy) is 1. The van der Waals surface area contributed by atoms with Crippen molar-refractivity contribution in [1.29, 1.82) is 0 Å². The number of rotatable bonds is 5. The van der Waals surface area contributed by atoms with Gasteiger partial charge in [0.05, 0.1) is 0 Å². The molecule has 3 heteroatoms. The Labute approximate surface area is 111 Å². The fourth-order valence-electron chi connectivity index (χ4n) is 1.75. The minimum Gasteiger partial charge on any atom is -0.483 e. The van der Waals surface area contributed by atoms with Crippen molar-refractivity contribution in [3.05, 3.63) is 66.0 Å². The van der Waals surface area contributed by atoms with Gasteiger partial charge in [-0.25, -0.2) is 4.39 Å². The van der Waals surface area contributed by atoms with E-state index in [9.17, 15) is 4.39 Å². The zero-order valence-electron chi connectivity index (χ0n) is 9.85. The highest BCUT2D eigenvalue weighted by Crippen LogP contribution is 2.26. The lowest BCUT2D eigenvalue weighted by atomic mass is 10.1. The summed E-state index contributed by atoms with van der Waals surface area (Å²) >= 11 is 5.78. The summed E-state index contributed by atoms with van der Waals surface area (Å²) in [7, 11) is 0. The Kier molecular flexibility index (Phi) is 4.59. The van der Waals surface area contributed by atoms with E-state index in [2.05, 4.69) is 0 Å². The highest BCUT2D eigenvalue weighted by molar-refractivity contribution is 6.17. The lowest BCUT2D eigenvalue weighted by Gasteiger charge is -2.19. The Morgan fingerprint density at radius 2 is 1.67 bits per heavy atom. The fraction of sp³-hybridized carbons (Fsp3) is 0.200. The van der Waals surface area contributed by atoms with Crippen LogP contribution in [0.1, 0.15) is 18.1 Å². The van der Waals surface area contributed by atoms with Crippen molar-refractivity contribution in [1.82, 2.24) is 0 Å². The molecule has 0 aliphatic rings. The van der Waals surface area contributed by atoms with Gasteiger partial charge in [0, 0.05) is 12.3 Å². The highest BCUT2D eigenvalue weighted by atomic mass is 35.5. The van der Waals surface area contributed by atoms with Crippen LogP contribution in [0, 0.1) is 5.82 Å². The van der Waals surface area contributed by atoms with Crippen LogP contribution in [-0.2, 0) is 0 Å². The summed E-state index contributed by atoms with van der Waals surface area (Å²) < 4.78 is 19.3. The molecule has 0 fully saturated rings. The molecule has 0 heterocycles. The zero-order valence-corrected chi connectivity index (χ0v) is 10.6. The molecule has 0 saturated carbocycles. The third-order valence-electron chi connectivity index (χ3n) is 2.65. The predicted molar refractivity (Wildman–Crippen MR) is 71.5 cm³/mol. The standard InChI is InChI=1S/C15H14ClFO/c16-11-10-14(12-6-2-1-3-7-12)18-15-9-5-4-8-13(15)17/h1-9,14H,10-11H2. The van der Waals surface area contributed by atoms with Crippen LogP contribution in [0.2, 0.25) is 0 Å². The average molecular weight is 265 g/mol. The maximum Gasteiger partial charge on any atom is 0.165 e. The molecule has 0 radical (unpaired) electrons. The first-order valence-electron chi connectivity index (χ1n) is 5.83. The quantitative estimate of drug-likeness (QED) is 0.719. The molecule has 1 unspecified atom stereocenters. The molecule has 2 aromatic rings. The third-order valence-corrected chi connectivity index (χ3v) is 2.87. The van der Waals surface area contributed by atoms with Crippen LogP contribution in [0.4, 0.5) is 4.39 Å². The van der Waals surface area contributed by atoms with E-state index >= 15 is 0 Å². The van der Waals surface area contributed by atoms with Crippen molar-refractivity contribution in [2.45, 2.75) is 12.5 Å². The van der Waals surface area contributed by atoms with E-state index in [1.807, 2.05) is 30.3 Å². The van der Waals surface area contributed by atoms with Gasteiger partial charge in [-0.2, -0.15) is 0 Å². The summed E-state index contributed by atoms with van der Waals surface area (Å²) in [6, 6.07) is 16.1. The van der Waals surface area contributed by atoms with Gasteiger partial charge in [-0.05, 0) is 17.7 Å². The summed E-state index contributed by atoms with van der Waals surface area (Å²) in [5.41, 5.74) is 1.00. The molecule has 0 spiro atoms. The molecule has 2 aromatic carbocycles. The molecule has 0 amide bonds. The third kappa shape index (κ3) is 3.23. The number of hydrogen-bond donors (Lipinski definition) is 0. The van der Waals surface area contributed by atoms with E-state index in [0.717, 1.165) is 5.56 Å². The molecule has 18 heavy (non-hydrogen) atoms. The van der Waals surface area contributed by atoms with Crippen molar-refractivity contribution in [2.24, 2.45) is 0 Å². The van der Waals surface area contributed by atoms with Crippen LogP contribution >= 0.6 is 11.6 Å². The topological polar surface area (TPSA) is 9.23 Å². The van der Waals surface area contributed by atoms with Crippen molar-refractivity contribution in [3.63, 3.8) is 0 Å². The van der Waals surface area contributed by atoms with Crippen LogP contribution in [-0.4, -0.2) is 5.88 Å². The number of alkyl halides is 1. The van der Waals surface area contributed by atoms with E-state index in [0.29, 0.717) is 12.3 Å². The second-order valence-electron chi connectivity index (χ2n) is 3.93. The summed E-state index contributed by atoms with van der Waals surface area (Å²) in [4.78, 5) is 0. The molecule has 0 N–H and O–H groups in total. The van der Waals surface area contributed by atoms with Crippen molar-refractivity contribution in [2.75, 3.05) is 5.88 Å². The monoisotopic (exact) mass is 264 g/mol. The van der Waals surface area contributed by atoms with Gasteiger partial charge in [-0.3, -0.25) is 0 Å². The Bertz CT molecular complexity index is 487. The average Bonchev–Trinajstić information content (AvgIpc) is 2.42. The predicted octanol–water partition coefficient (Wildman–Crippen LogP) is 4.57. The Hall–Kier alpha value is -1.54. The summed E-state index contributed by atoms with van der Waals surface area (Å²) in [6.07, 6.45) is 0.417. The van der Waals surface area contributed by atoms with E-state index in [-0.39, 0.29) is 17.7 Å². The first-order valence-corrected chi connectivity index (χ1v) is 6.37. The van der Waals surface area contributed by atoms with E-state index in [4.69, 9.17) is 16.3 Å². The zero-order chi connectivity index (χ0) is 12.8. The van der Waals surface area contributed by atoms with Gasteiger partial charge < -0.3 is 4.74 Å². The smallest absolute Gasteiger partial charge is 0.165 e. The minimum atomic E-state index is -0.354. The molecular formula is C15H14ClFO. The fourth-order valence-corrected chi connectivity index (χ4v) is 1.95. The van der Waals surface area contributed by atoms with Crippen LogP contribution in [0.3, 0.4) is 0 Å². The van der Waals surface area contributed by atoms with Crippen LogP contribution in [0.5, 0.6) is 5.75 Å². The Morgan fingerprint density at radius 1 is 1.00 bits per heavy atom. The SMILES string of the molecule is Fc1ccccc1OC(CCCl)c1ccccc1. The van der Waals surface area contributed by atoms with E-state index in [1.165, 1.54) is 6.07 Å². The van der Waals surface area contributed by atoms with Crippen molar-refractivity contribution < 1.29 is 9.13 Å². The number of halogens is 2. The van der Waals surface area contributed by atoms with Crippen LogP contribution < -0.4 is 4.74 Å². The van der Waals surface area contributed by atoms with Crippen LogP contribution in [0.15, 0.2) is 54.6 Å². The second-order valence-corrected chi connectivity index (χ2v) is 4.30. The summed E-state index contributed by atoms with van der Waals surface area (Å²) in [5, 5.41) is 0. The van der Waals surface area contributed by atoms with Gasteiger partial charge in [-0.1, -0.05) is 42.5 Å². The maximum absolute atomic E-state index is 13.5. The molecule has 0 bridgehead atoms.